The number of nitrogens with two attached hydrogens (primary N) is 1. The summed E-state index contributed by atoms with van der Waals surface area (Å²) in [4.78, 5) is 0. The molecule has 1 unspecified atom stereocenters. The minimum atomic E-state index is -3.52. The molecule has 1 aromatic heterocycles. The molecule has 0 radical (unpaired) electrons. The predicted molar refractivity (Wildman–Crippen MR) is 81.9 cm³/mol. The van der Waals surface area contributed by atoms with Gasteiger partial charge in [0.05, 0.1) is 3.79 Å². The zero-order valence-electron chi connectivity index (χ0n) is 10.1. The summed E-state index contributed by atoms with van der Waals surface area (Å²) in [5.41, 5.74) is 7.22. The second kappa shape index (κ2) is 5.62. The zero-order chi connectivity index (χ0) is 14.0. The second-order valence-electron chi connectivity index (χ2n) is 4.07. The van der Waals surface area contributed by atoms with Crippen molar-refractivity contribution in [3.05, 3.63) is 45.7 Å². The highest BCUT2D eigenvalue weighted by Gasteiger charge is 2.16. The van der Waals surface area contributed by atoms with Crippen LogP contribution in [0, 0.1) is 0 Å². The number of nitrogens with one attached hydrogen (secondary N) is 1. The fourth-order valence-electron chi connectivity index (χ4n) is 1.50. The Morgan fingerprint density at radius 1 is 1.21 bits per heavy atom. The van der Waals surface area contributed by atoms with E-state index in [1.54, 1.807) is 24.3 Å². The van der Waals surface area contributed by atoms with Crippen LogP contribution in [0.25, 0.3) is 0 Å². The summed E-state index contributed by atoms with van der Waals surface area (Å²) in [7, 11) is -3.52. The Morgan fingerprint density at radius 3 is 2.32 bits per heavy atom. The van der Waals surface area contributed by atoms with Crippen molar-refractivity contribution in [2.45, 2.75) is 17.2 Å². The van der Waals surface area contributed by atoms with Crippen LogP contribution in [0.2, 0.25) is 0 Å². The van der Waals surface area contributed by atoms with E-state index in [-0.39, 0.29) is 10.3 Å². The highest BCUT2D eigenvalue weighted by molar-refractivity contribution is 9.11. The summed E-state index contributed by atoms with van der Waals surface area (Å²) in [5, 5.41) is 0. The van der Waals surface area contributed by atoms with Gasteiger partial charge in [0.1, 0.15) is 4.21 Å². The average Bonchev–Trinajstić information content (AvgIpc) is 2.77. The lowest BCUT2D eigenvalue weighted by Gasteiger charge is -2.09. The van der Waals surface area contributed by atoms with Crippen molar-refractivity contribution >= 4 is 43.0 Å². The van der Waals surface area contributed by atoms with Gasteiger partial charge in [0, 0.05) is 11.7 Å². The lowest BCUT2D eigenvalue weighted by Crippen LogP contribution is -2.11. The molecule has 1 atom stereocenters. The summed E-state index contributed by atoms with van der Waals surface area (Å²) in [6, 6.07) is 10.2. The summed E-state index contributed by atoms with van der Waals surface area (Å²) >= 11 is 4.42. The Bertz CT molecular complexity index is 663. The van der Waals surface area contributed by atoms with Gasteiger partial charge in [-0.25, -0.2) is 8.42 Å². The molecule has 19 heavy (non-hydrogen) atoms. The molecule has 7 heteroatoms. The first-order valence-electron chi connectivity index (χ1n) is 5.52. The van der Waals surface area contributed by atoms with Gasteiger partial charge in [-0.1, -0.05) is 12.1 Å². The topological polar surface area (TPSA) is 72.2 Å². The summed E-state index contributed by atoms with van der Waals surface area (Å²) in [6.45, 7) is 1.88. The third-order valence-corrected chi connectivity index (χ3v) is 6.00. The van der Waals surface area contributed by atoms with Gasteiger partial charge in [-0.3, -0.25) is 4.72 Å². The number of thiophene rings is 1. The molecule has 0 spiro atoms. The van der Waals surface area contributed by atoms with Crippen molar-refractivity contribution in [1.29, 1.82) is 0 Å². The average molecular weight is 361 g/mol. The fraction of sp³-hybridized carbons (Fsp3) is 0.167. The molecule has 1 heterocycles. The summed E-state index contributed by atoms with van der Waals surface area (Å²) < 4.78 is 27.8. The van der Waals surface area contributed by atoms with Crippen molar-refractivity contribution < 1.29 is 8.42 Å². The predicted octanol–water partition coefficient (Wildman–Crippen LogP) is 3.33. The number of rotatable bonds is 4. The van der Waals surface area contributed by atoms with E-state index in [4.69, 9.17) is 5.73 Å². The normalized spacial score (nSPS) is 13.2. The number of benzene rings is 1. The number of hydrogen-bond donors (Lipinski definition) is 2. The van der Waals surface area contributed by atoms with Gasteiger partial charge in [0.2, 0.25) is 0 Å². The van der Waals surface area contributed by atoms with Crippen LogP contribution in [-0.2, 0) is 10.0 Å². The number of hydrogen-bond acceptors (Lipinski definition) is 4. The standard InChI is InChI=1S/C12H13BrN2O2S2/c1-8(14)9-2-4-10(5-3-9)15-19(16,17)12-7-6-11(13)18-12/h2-8,15H,14H2,1H3. The van der Waals surface area contributed by atoms with Crippen LogP contribution in [0.15, 0.2) is 44.4 Å². The molecule has 2 aromatic rings. The first-order valence-corrected chi connectivity index (χ1v) is 8.61. The molecule has 4 nitrogen and oxygen atoms in total. The molecule has 0 aliphatic rings. The summed E-state index contributed by atoms with van der Waals surface area (Å²) in [5.74, 6) is 0. The van der Waals surface area contributed by atoms with Gasteiger partial charge in [-0.2, -0.15) is 0 Å². The van der Waals surface area contributed by atoms with E-state index in [0.717, 1.165) is 9.35 Å². The summed E-state index contributed by atoms with van der Waals surface area (Å²) in [6.07, 6.45) is 0. The lowest BCUT2D eigenvalue weighted by atomic mass is 10.1. The van der Waals surface area contributed by atoms with Crippen LogP contribution in [-0.4, -0.2) is 8.42 Å². The van der Waals surface area contributed by atoms with Gasteiger partial charge in [-0.05, 0) is 52.7 Å². The third kappa shape index (κ3) is 3.56. The van der Waals surface area contributed by atoms with Crippen molar-refractivity contribution in [2.24, 2.45) is 5.73 Å². The van der Waals surface area contributed by atoms with Crippen LogP contribution in [0.3, 0.4) is 0 Å². The van der Waals surface area contributed by atoms with Crippen LogP contribution >= 0.6 is 27.3 Å². The van der Waals surface area contributed by atoms with Crippen LogP contribution in [0.4, 0.5) is 5.69 Å². The minimum Gasteiger partial charge on any atom is -0.324 e. The Labute approximate surface area is 124 Å². The Kier molecular flexibility index (Phi) is 4.29. The minimum absolute atomic E-state index is 0.0705. The van der Waals surface area contributed by atoms with Crippen molar-refractivity contribution in [2.75, 3.05) is 4.72 Å². The Hall–Kier alpha value is -0.890. The van der Waals surface area contributed by atoms with Crippen molar-refractivity contribution in [3.8, 4) is 0 Å². The van der Waals surface area contributed by atoms with E-state index < -0.39 is 10.0 Å². The maximum atomic E-state index is 12.1. The Balaban J connectivity index is 2.21. The molecule has 0 bridgehead atoms. The number of sulfonamides is 1. The molecule has 102 valence electrons. The lowest BCUT2D eigenvalue weighted by molar-refractivity contribution is 0.603. The maximum absolute atomic E-state index is 12.1. The highest BCUT2D eigenvalue weighted by atomic mass is 79.9. The van der Waals surface area contributed by atoms with Crippen LogP contribution < -0.4 is 10.5 Å². The van der Waals surface area contributed by atoms with Gasteiger partial charge in [0.15, 0.2) is 0 Å². The Morgan fingerprint density at radius 2 is 1.84 bits per heavy atom. The molecule has 0 amide bonds. The molecule has 0 aliphatic heterocycles. The van der Waals surface area contributed by atoms with Crippen LogP contribution in [0.5, 0.6) is 0 Å². The molecular formula is C12H13BrN2O2S2. The SMILES string of the molecule is CC(N)c1ccc(NS(=O)(=O)c2ccc(Br)s2)cc1. The molecule has 2 rings (SSSR count). The van der Waals surface area contributed by atoms with Gasteiger partial charge in [-0.15, -0.1) is 11.3 Å². The van der Waals surface area contributed by atoms with E-state index >= 15 is 0 Å². The van der Waals surface area contributed by atoms with E-state index in [0.29, 0.717) is 5.69 Å². The van der Waals surface area contributed by atoms with Gasteiger partial charge < -0.3 is 5.73 Å². The van der Waals surface area contributed by atoms with E-state index in [1.807, 2.05) is 19.1 Å². The van der Waals surface area contributed by atoms with Gasteiger partial charge in [0.25, 0.3) is 10.0 Å². The quantitative estimate of drug-likeness (QED) is 0.877. The molecule has 3 N–H and O–H groups in total. The molecule has 0 saturated heterocycles. The highest BCUT2D eigenvalue weighted by Crippen LogP contribution is 2.27. The maximum Gasteiger partial charge on any atom is 0.271 e. The first kappa shape index (κ1) is 14.5. The van der Waals surface area contributed by atoms with Crippen molar-refractivity contribution in [3.63, 3.8) is 0 Å². The van der Waals surface area contributed by atoms with E-state index in [9.17, 15) is 8.42 Å². The van der Waals surface area contributed by atoms with Crippen molar-refractivity contribution in [1.82, 2.24) is 0 Å². The fourth-order valence-corrected chi connectivity index (χ4v) is 4.57. The molecule has 0 aliphatic carbocycles. The monoisotopic (exact) mass is 360 g/mol. The number of halogens is 1. The van der Waals surface area contributed by atoms with E-state index in [1.165, 1.54) is 11.3 Å². The second-order valence-corrected chi connectivity index (χ2v) is 8.45. The first-order chi connectivity index (χ1) is 8.88. The smallest absolute Gasteiger partial charge is 0.271 e. The van der Waals surface area contributed by atoms with Gasteiger partial charge >= 0.3 is 0 Å². The molecule has 0 saturated carbocycles. The zero-order valence-corrected chi connectivity index (χ0v) is 13.3. The number of anilines is 1. The largest absolute Gasteiger partial charge is 0.324 e. The molecule has 1 aromatic carbocycles. The van der Waals surface area contributed by atoms with Crippen LogP contribution in [0.1, 0.15) is 18.5 Å². The van der Waals surface area contributed by atoms with E-state index in [2.05, 4.69) is 20.7 Å². The molecule has 0 fully saturated rings. The third-order valence-electron chi connectivity index (χ3n) is 2.50. The molecular weight excluding hydrogens is 348 g/mol.